The molecular formula is C5H10N2O3. The van der Waals surface area contributed by atoms with Gasteiger partial charge in [-0.25, -0.2) is 4.79 Å². The number of methoxy groups -OCH3 is 1. The van der Waals surface area contributed by atoms with E-state index < -0.39 is 17.9 Å². The number of ether oxygens (including phenoxy) is 1. The van der Waals surface area contributed by atoms with E-state index in [9.17, 15) is 9.59 Å². The van der Waals surface area contributed by atoms with Gasteiger partial charge in [0, 0.05) is 0 Å². The highest BCUT2D eigenvalue weighted by Crippen LogP contribution is 1.83. The minimum absolute atomic E-state index is 0.671. The number of carbonyl (C=O) groups excluding carboxylic acids is 2. The van der Waals surface area contributed by atoms with Crippen LogP contribution in [0.2, 0.25) is 0 Å². The second-order valence-electron chi connectivity index (χ2n) is 1.65. The summed E-state index contributed by atoms with van der Waals surface area (Å²) >= 11 is 0. The van der Waals surface area contributed by atoms with Crippen LogP contribution in [0.25, 0.3) is 0 Å². The van der Waals surface area contributed by atoms with Crippen molar-refractivity contribution in [1.82, 2.24) is 5.32 Å². The number of esters is 1. The van der Waals surface area contributed by atoms with Crippen molar-refractivity contribution < 1.29 is 14.3 Å². The summed E-state index contributed by atoms with van der Waals surface area (Å²) in [6.45, 7) is 0. The highest BCUT2D eigenvalue weighted by atomic mass is 16.5. The molecule has 5 nitrogen and oxygen atoms in total. The van der Waals surface area contributed by atoms with E-state index in [4.69, 9.17) is 5.73 Å². The first-order valence-corrected chi connectivity index (χ1v) is 2.68. The van der Waals surface area contributed by atoms with Crippen LogP contribution in [0.4, 0.5) is 0 Å². The smallest absolute Gasteiger partial charge is 0.332 e. The monoisotopic (exact) mass is 146 g/mol. The molecule has 0 aliphatic carbocycles. The average Bonchev–Trinajstić information content (AvgIpc) is 1.88. The van der Waals surface area contributed by atoms with Crippen LogP contribution in [0.15, 0.2) is 0 Å². The third kappa shape index (κ3) is 2.02. The highest BCUT2D eigenvalue weighted by molar-refractivity contribution is 6.01. The number of primary amides is 1. The Balaban J connectivity index is 4.06. The lowest BCUT2D eigenvalue weighted by molar-refractivity contribution is -0.146. The molecule has 10 heavy (non-hydrogen) atoms. The summed E-state index contributed by atoms with van der Waals surface area (Å²) in [6.07, 6.45) is 0. The van der Waals surface area contributed by atoms with Gasteiger partial charge in [0.05, 0.1) is 7.11 Å². The van der Waals surface area contributed by atoms with E-state index in [1.54, 1.807) is 0 Å². The molecule has 0 spiro atoms. The van der Waals surface area contributed by atoms with E-state index >= 15 is 0 Å². The topological polar surface area (TPSA) is 81.4 Å². The zero-order valence-electron chi connectivity index (χ0n) is 5.88. The molecule has 0 rings (SSSR count). The largest absolute Gasteiger partial charge is 0.467 e. The summed E-state index contributed by atoms with van der Waals surface area (Å²) in [5.41, 5.74) is 4.82. The maximum Gasteiger partial charge on any atom is 0.332 e. The zero-order valence-corrected chi connectivity index (χ0v) is 5.88. The minimum atomic E-state index is -1.04. The van der Waals surface area contributed by atoms with Gasteiger partial charge in [-0.1, -0.05) is 0 Å². The Morgan fingerprint density at radius 3 is 2.20 bits per heavy atom. The molecule has 0 saturated carbocycles. The van der Waals surface area contributed by atoms with Crippen LogP contribution >= 0.6 is 0 Å². The summed E-state index contributed by atoms with van der Waals surface area (Å²) in [5, 5.41) is 2.40. The lowest BCUT2D eigenvalue weighted by Gasteiger charge is -2.07. The van der Waals surface area contributed by atoms with Crippen LogP contribution in [0, 0.1) is 0 Å². The van der Waals surface area contributed by atoms with Gasteiger partial charge in [-0.2, -0.15) is 0 Å². The van der Waals surface area contributed by atoms with E-state index in [-0.39, 0.29) is 0 Å². The van der Waals surface area contributed by atoms with Crippen LogP contribution in [-0.4, -0.2) is 32.1 Å². The molecule has 1 atom stereocenters. The van der Waals surface area contributed by atoms with Gasteiger partial charge in [0.25, 0.3) is 0 Å². The van der Waals surface area contributed by atoms with Gasteiger partial charge >= 0.3 is 5.97 Å². The number of rotatable bonds is 3. The fraction of sp³-hybridized carbons (Fsp3) is 0.600. The lowest BCUT2D eigenvalue weighted by atomic mass is 10.3. The molecule has 0 aliphatic rings. The molecule has 0 aliphatic heterocycles. The summed E-state index contributed by atoms with van der Waals surface area (Å²) in [4.78, 5) is 21.0. The van der Waals surface area contributed by atoms with E-state index in [0.717, 1.165) is 0 Å². The van der Waals surface area contributed by atoms with Crippen LogP contribution in [0.1, 0.15) is 0 Å². The molecule has 0 saturated heterocycles. The van der Waals surface area contributed by atoms with E-state index in [2.05, 4.69) is 10.1 Å². The Bertz CT molecular complexity index is 146. The molecule has 5 heteroatoms. The standard InChI is InChI=1S/C5H10N2O3/c1-7-3(4(6)8)5(9)10-2/h3,7H,1-2H3,(H2,6,8). The Morgan fingerprint density at radius 1 is 1.60 bits per heavy atom. The van der Waals surface area contributed by atoms with Crippen molar-refractivity contribution in [2.24, 2.45) is 5.73 Å². The summed E-state index contributed by atoms with van der Waals surface area (Å²) in [7, 11) is 2.64. The first-order chi connectivity index (χ1) is 4.63. The quantitative estimate of drug-likeness (QED) is 0.365. The zero-order chi connectivity index (χ0) is 8.15. The number of nitrogens with two attached hydrogens (primary N) is 1. The van der Waals surface area contributed by atoms with Crippen LogP contribution < -0.4 is 11.1 Å². The van der Waals surface area contributed by atoms with Crippen LogP contribution in [0.5, 0.6) is 0 Å². The molecule has 0 aromatic rings. The van der Waals surface area contributed by atoms with Gasteiger partial charge < -0.3 is 10.5 Å². The summed E-state index contributed by atoms with van der Waals surface area (Å²) < 4.78 is 4.26. The van der Waals surface area contributed by atoms with Crippen molar-refractivity contribution in [2.75, 3.05) is 14.2 Å². The summed E-state index contributed by atoms with van der Waals surface area (Å²) in [6, 6.07) is -1.04. The third-order valence-electron chi connectivity index (χ3n) is 1.01. The first-order valence-electron chi connectivity index (χ1n) is 2.68. The molecule has 1 unspecified atom stereocenters. The third-order valence-corrected chi connectivity index (χ3v) is 1.01. The van der Waals surface area contributed by atoms with E-state index in [1.807, 2.05) is 0 Å². The molecule has 0 aromatic carbocycles. The SMILES string of the molecule is CNC(C(N)=O)C(=O)OC. The van der Waals surface area contributed by atoms with Gasteiger partial charge in [0.2, 0.25) is 5.91 Å². The predicted octanol–water partition coefficient (Wildman–Crippen LogP) is -1.77. The Morgan fingerprint density at radius 2 is 2.10 bits per heavy atom. The summed E-state index contributed by atoms with van der Waals surface area (Å²) in [5.74, 6) is -1.41. The van der Waals surface area contributed by atoms with Gasteiger partial charge in [0.15, 0.2) is 6.04 Å². The fourth-order valence-electron chi connectivity index (χ4n) is 0.494. The number of carbonyl (C=O) groups is 2. The first kappa shape index (κ1) is 8.90. The van der Waals surface area contributed by atoms with Gasteiger partial charge in [-0.15, -0.1) is 0 Å². The molecule has 0 bridgehead atoms. The second-order valence-corrected chi connectivity index (χ2v) is 1.65. The van der Waals surface area contributed by atoms with Gasteiger partial charge in [-0.05, 0) is 7.05 Å². The highest BCUT2D eigenvalue weighted by Gasteiger charge is 2.22. The van der Waals surface area contributed by atoms with Crippen LogP contribution in [0.3, 0.4) is 0 Å². The predicted molar refractivity (Wildman–Crippen MR) is 34.1 cm³/mol. The molecular weight excluding hydrogens is 136 g/mol. The van der Waals surface area contributed by atoms with Crippen molar-refractivity contribution in [2.45, 2.75) is 6.04 Å². The number of hydrogen-bond acceptors (Lipinski definition) is 4. The average molecular weight is 146 g/mol. The van der Waals surface area contributed by atoms with Crippen molar-refractivity contribution in [1.29, 1.82) is 0 Å². The molecule has 3 N–H and O–H groups in total. The fourth-order valence-corrected chi connectivity index (χ4v) is 0.494. The normalized spacial score (nSPS) is 12.2. The maximum absolute atomic E-state index is 10.6. The maximum atomic E-state index is 10.6. The Hall–Kier alpha value is -1.10. The molecule has 1 amide bonds. The Kier molecular flexibility index (Phi) is 3.42. The van der Waals surface area contributed by atoms with Gasteiger partial charge in [-0.3, -0.25) is 10.1 Å². The Labute approximate surface area is 58.5 Å². The lowest BCUT2D eigenvalue weighted by Crippen LogP contribution is -2.45. The van der Waals surface area contributed by atoms with E-state index in [0.29, 0.717) is 0 Å². The van der Waals surface area contributed by atoms with Crippen molar-refractivity contribution in [3.63, 3.8) is 0 Å². The number of likely N-dealkylation sites (N-methyl/N-ethyl adjacent to an activating group) is 1. The number of nitrogens with one attached hydrogen (secondary N) is 1. The van der Waals surface area contributed by atoms with Gasteiger partial charge in [0.1, 0.15) is 0 Å². The van der Waals surface area contributed by atoms with Crippen molar-refractivity contribution in [3.8, 4) is 0 Å². The van der Waals surface area contributed by atoms with E-state index in [1.165, 1.54) is 14.2 Å². The molecule has 0 fully saturated rings. The number of amides is 1. The minimum Gasteiger partial charge on any atom is -0.467 e. The second kappa shape index (κ2) is 3.84. The van der Waals surface area contributed by atoms with Crippen molar-refractivity contribution >= 4 is 11.9 Å². The van der Waals surface area contributed by atoms with Crippen LogP contribution in [-0.2, 0) is 14.3 Å². The number of hydrogen-bond donors (Lipinski definition) is 2. The molecule has 0 aromatic heterocycles. The molecule has 0 radical (unpaired) electrons. The molecule has 0 heterocycles. The van der Waals surface area contributed by atoms with Crippen molar-refractivity contribution in [3.05, 3.63) is 0 Å². The molecule has 58 valence electrons.